The molecule has 4 rings (SSSR count). The Bertz CT molecular complexity index is 317. The Morgan fingerprint density at radius 3 is 1.86 bits per heavy atom. The molecule has 0 aromatic rings. The van der Waals surface area contributed by atoms with Crippen molar-refractivity contribution in [3.63, 3.8) is 0 Å². The first-order valence-corrected chi connectivity index (χ1v) is 6.28. The van der Waals surface area contributed by atoms with Gasteiger partial charge in [-0.05, 0) is 49.4 Å². The quantitative estimate of drug-likeness (QED) is 0.573. The topological polar surface area (TPSA) is 17.1 Å². The fourth-order valence-electron chi connectivity index (χ4n) is 5.20. The third-order valence-electron chi connectivity index (χ3n) is 6.48. The molecule has 0 amide bonds. The SMILES string of the molecule is O=C1CC2(CCC23CCC3)C12CCC2. The molecule has 4 aliphatic carbocycles. The van der Waals surface area contributed by atoms with E-state index in [0.717, 1.165) is 6.42 Å². The van der Waals surface area contributed by atoms with Gasteiger partial charge in [-0.3, -0.25) is 4.79 Å². The minimum atomic E-state index is 0.242. The van der Waals surface area contributed by atoms with Crippen LogP contribution in [-0.4, -0.2) is 5.78 Å². The lowest BCUT2D eigenvalue weighted by Crippen LogP contribution is -2.75. The molecule has 0 aromatic heterocycles. The molecule has 76 valence electrons. The normalized spacial score (nSPS) is 45.6. The lowest BCUT2D eigenvalue weighted by Gasteiger charge is -2.78. The number of Topliss-reactive ketones (excluding diaryl/α,β-unsaturated/α-hetero) is 1. The Morgan fingerprint density at radius 2 is 1.57 bits per heavy atom. The summed E-state index contributed by atoms with van der Waals surface area (Å²) in [7, 11) is 0. The molecule has 0 N–H and O–H groups in total. The van der Waals surface area contributed by atoms with Gasteiger partial charge in [-0.15, -0.1) is 0 Å². The zero-order chi connectivity index (χ0) is 9.44. The van der Waals surface area contributed by atoms with Crippen molar-refractivity contribution in [2.45, 2.75) is 57.8 Å². The Hall–Kier alpha value is -0.330. The van der Waals surface area contributed by atoms with Crippen LogP contribution >= 0.6 is 0 Å². The summed E-state index contributed by atoms with van der Waals surface area (Å²) in [5.41, 5.74) is 1.47. The summed E-state index contributed by atoms with van der Waals surface area (Å²) in [4.78, 5) is 11.9. The Balaban J connectivity index is 1.75. The Labute approximate surface area is 85.3 Å². The first-order chi connectivity index (χ1) is 6.75. The van der Waals surface area contributed by atoms with Crippen LogP contribution in [0.25, 0.3) is 0 Å². The van der Waals surface area contributed by atoms with Crippen LogP contribution in [0.15, 0.2) is 0 Å². The van der Waals surface area contributed by atoms with Crippen LogP contribution in [-0.2, 0) is 4.79 Å². The van der Waals surface area contributed by atoms with Crippen molar-refractivity contribution in [2.24, 2.45) is 16.2 Å². The molecule has 0 saturated heterocycles. The van der Waals surface area contributed by atoms with E-state index in [2.05, 4.69) is 0 Å². The second-order valence-electron chi connectivity index (χ2n) is 6.25. The molecule has 0 aromatic carbocycles. The van der Waals surface area contributed by atoms with Gasteiger partial charge in [0, 0.05) is 11.8 Å². The molecule has 1 unspecified atom stereocenters. The summed E-state index contributed by atoms with van der Waals surface area (Å²) in [5, 5.41) is 0. The fourth-order valence-corrected chi connectivity index (χ4v) is 5.20. The average molecular weight is 190 g/mol. The largest absolute Gasteiger partial charge is 0.299 e. The van der Waals surface area contributed by atoms with Gasteiger partial charge in [-0.1, -0.05) is 12.8 Å². The summed E-state index contributed by atoms with van der Waals surface area (Å²) in [6, 6.07) is 0. The summed E-state index contributed by atoms with van der Waals surface area (Å²) in [6.45, 7) is 0. The first kappa shape index (κ1) is 7.90. The smallest absolute Gasteiger partial charge is 0.140 e. The monoisotopic (exact) mass is 190 g/mol. The van der Waals surface area contributed by atoms with Crippen LogP contribution in [0.3, 0.4) is 0 Å². The van der Waals surface area contributed by atoms with Gasteiger partial charge in [0.15, 0.2) is 0 Å². The van der Waals surface area contributed by atoms with E-state index in [1.807, 2.05) is 0 Å². The lowest BCUT2D eigenvalue weighted by atomic mass is 9.24. The van der Waals surface area contributed by atoms with Crippen LogP contribution in [0.5, 0.6) is 0 Å². The molecule has 0 heterocycles. The second kappa shape index (κ2) is 1.96. The van der Waals surface area contributed by atoms with Gasteiger partial charge in [0.2, 0.25) is 0 Å². The van der Waals surface area contributed by atoms with Crippen LogP contribution in [0.4, 0.5) is 0 Å². The van der Waals surface area contributed by atoms with Crippen molar-refractivity contribution in [3.05, 3.63) is 0 Å². The van der Waals surface area contributed by atoms with Gasteiger partial charge in [0.1, 0.15) is 5.78 Å². The van der Waals surface area contributed by atoms with E-state index in [0.29, 0.717) is 16.6 Å². The molecular formula is C13H18O. The molecule has 0 aliphatic heterocycles. The standard InChI is InChI=1S/C13H18O/c14-10-9-13(12(10)5-2-6-12)8-7-11(13)3-1-4-11/h1-9H2. The average Bonchev–Trinajstić information content (AvgIpc) is 1.90. The molecule has 3 spiro atoms. The third kappa shape index (κ3) is 0.498. The summed E-state index contributed by atoms with van der Waals surface area (Å²) in [6.07, 6.45) is 11.9. The summed E-state index contributed by atoms with van der Waals surface area (Å²) >= 11 is 0. The number of carbonyl (C=O) groups excluding carboxylic acids is 1. The third-order valence-corrected chi connectivity index (χ3v) is 6.48. The van der Waals surface area contributed by atoms with Gasteiger partial charge >= 0.3 is 0 Å². The summed E-state index contributed by atoms with van der Waals surface area (Å²) < 4.78 is 0. The van der Waals surface area contributed by atoms with Crippen molar-refractivity contribution in [3.8, 4) is 0 Å². The molecular weight excluding hydrogens is 172 g/mol. The second-order valence-corrected chi connectivity index (χ2v) is 6.25. The minimum absolute atomic E-state index is 0.242. The molecule has 4 fully saturated rings. The van der Waals surface area contributed by atoms with Gasteiger partial charge in [-0.25, -0.2) is 0 Å². The van der Waals surface area contributed by atoms with E-state index in [9.17, 15) is 4.79 Å². The van der Waals surface area contributed by atoms with Crippen molar-refractivity contribution >= 4 is 5.78 Å². The number of fused-ring (bicyclic) bond motifs is 2. The highest BCUT2D eigenvalue weighted by atomic mass is 16.1. The highest BCUT2D eigenvalue weighted by molar-refractivity contribution is 5.94. The highest BCUT2D eigenvalue weighted by Crippen LogP contribution is 2.83. The van der Waals surface area contributed by atoms with Gasteiger partial charge in [-0.2, -0.15) is 0 Å². The highest BCUT2D eigenvalue weighted by Gasteiger charge is 2.78. The van der Waals surface area contributed by atoms with Crippen LogP contribution in [0, 0.1) is 16.2 Å². The molecule has 1 heteroatoms. The van der Waals surface area contributed by atoms with E-state index in [-0.39, 0.29) is 5.41 Å². The van der Waals surface area contributed by atoms with Crippen molar-refractivity contribution < 1.29 is 4.79 Å². The number of rotatable bonds is 0. The number of hydrogen-bond acceptors (Lipinski definition) is 1. The van der Waals surface area contributed by atoms with Gasteiger partial charge < -0.3 is 0 Å². The maximum absolute atomic E-state index is 11.9. The zero-order valence-corrected chi connectivity index (χ0v) is 8.77. The molecule has 1 nitrogen and oxygen atoms in total. The number of ketones is 1. The predicted molar refractivity (Wildman–Crippen MR) is 53.9 cm³/mol. The van der Waals surface area contributed by atoms with Gasteiger partial charge in [0.05, 0.1) is 0 Å². The van der Waals surface area contributed by atoms with Crippen LogP contribution in [0.1, 0.15) is 57.8 Å². The van der Waals surface area contributed by atoms with E-state index in [1.165, 1.54) is 51.4 Å². The molecule has 4 saturated carbocycles. The molecule has 1 atom stereocenters. The lowest BCUT2D eigenvalue weighted by molar-refractivity contribution is -0.271. The fraction of sp³-hybridized carbons (Fsp3) is 0.923. The van der Waals surface area contributed by atoms with E-state index in [1.54, 1.807) is 0 Å². The van der Waals surface area contributed by atoms with Crippen LogP contribution < -0.4 is 0 Å². The molecule has 0 bridgehead atoms. The van der Waals surface area contributed by atoms with Crippen LogP contribution in [0.2, 0.25) is 0 Å². The number of hydrogen-bond donors (Lipinski definition) is 0. The molecule has 4 aliphatic rings. The van der Waals surface area contributed by atoms with Crippen molar-refractivity contribution in [2.75, 3.05) is 0 Å². The maximum atomic E-state index is 11.9. The maximum Gasteiger partial charge on any atom is 0.140 e. The number of carbonyl (C=O) groups is 1. The molecule has 14 heavy (non-hydrogen) atoms. The Morgan fingerprint density at radius 1 is 0.857 bits per heavy atom. The van der Waals surface area contributed by atoms with E-state index >= 15 is 0 Å². The first-order valence-electron chi connectivity index (χ1n) is 6.28. The van der Waals surface area contributed by atoms with Crippen molar-refractivity contribution in [1.82, 2.24) is 0 Å². The Kier molecular flexibility index (Phi) is 1.11. The zero-order valence-electron chi connectivity index (χ0n) is 8.77. The van der Waals surface area contributed by atoms with Crippen molar-refractivity contribution in [1.29, 1.82) is 0 Å². The van der Waals surface area contributed by atoms with E-state index < -0.39 is 0 Å². The van der Waals surface area contributed by atoms with Gasteiger partial charge in [0.25, 0.3) is 0 Å². The summed E-state index contributed by atoms with van der Waals surface area (Å²) in [5.74, 6) is 0.634. The molecule has 0 radical (unpaired) electrons. The van der Waals surface area contributed by atoms with E-state index in [4.69, 9.17) is 0 Å². The minimum Gasteiger partial charge on any atom is -0.299 e. The predicted octanol–water partition coefficient (Wildman–Crippen LogP) is 3.08.